The maximum Gasteiger partial charge on any atom is 0.319 e. The van der Waals surface area contributed by atoms with E-state index in [2.05, 4.69) is 10.6 Å². The molecule has 0 bridgehead atoms. The number of halogens is 2. The van der Waals surface area contributed by atoms with E-state index in [0.29, 0.717) is 9.26 Å². The first-order valence-electron chi connectivity index (χ1n) is 4.67. The summed E-state index contributed by atoms with van der Waals surface area (Å²) in [5.74, 6) is -0.381. The van der Waals surface area contributed by atoms with Gasteiger partial charge in [0.25, 0.3) is 0 Å². The van der Waals surface area contributed by atoms with Gasteiger partial charge in [0.1, 0.15) is 5.82 Å². The standard InChI is InChI=1S/C10H12FIN2O2/c1-6(5-15)13-10(16)14-8-4-2-3-7(11)9(8)12/h2-4,6,15H,5H2,1H3,(H2,13,14,16). The quantitative estimate of drug-likeness (QED) is 0.738. The van der Waals surface area contributed by atoms with E-state index in [1.165, 1.54) is 12.1 Å². The Morgan fingerprint density at radius 1 is 1.62 bits per heavy atom. The van der Waals surface area contributed by atoms with E-state index in [1.54, 1.807) is 13.0 Å². The molecule has 88 valence electrons. The lowest BCUT2D eigenvalue weighted by molar-refractivity contribution is 0.229. The fraction of sp³-hybridized carbons (Fsp3) is 0.300. The minimum atomic E-state index is -0.468. The average molecular weight is 338 g/mol. The summed E-state index contributed by atoms with van der Waals surface area (Å²) in [4.78, 5) is 11.4. The molecule has 2 amide bonds. The molecule has 0 spiro atoms. The average Bonchev–Trinajstić information content (AvgIpc) is 2.24. The number of nitrogens with one attached hydrogen (secondary N) is 2. The number of anilines is 1. The highest BCUT2D eigenvalue weighted by molar-refractivity contribution is 14.1. The van der Waals surface area contributed by atoms with Crippen LogP contribution in [0.15, 0.2) is 18.2 Å². The molecule has 1 aromatic rings. The molecular weight excluding hydrogens is 326 g/mol. The summed E-state index contributed by atoms with van der Waals surface area (Å²) in [6.07, 6.45) is 0. The molecule has 0 heterocycles. The van der Waals surface area contributed by atoms with Gasteiger partial charge in [-0.15, -0.1) is 0 Å². The van der Waals surface area contributed by atoms with E-state index >= 15 is 0 Å². The van der Waals surface area contributed by atoms with Crippen molar-refractivity contribution in [3.8, 4) is 0 Å². The van der Waals surface area contributed by atoms with Crippen molar-refractivity contribution in [1.29, 1.82) is 0 Å². The van der Waals surface area contributed by atoms with Gasteiger partial charge in [0.2, 0.25) is 0 Å². The minimum Gasteiger partial charge on any atom is -0.394 e. The largest absolute Gasteiger partial charge is 0.394 e. The lowest BCUT2D eigenvalue weighted by Gasteiger charge is -2.12. The van der Waals surface area contributed by atoms with E-state index in [1.807, 2.05) is 22.6 Å². The highest BCUT2D eigenvalue weighted by atomic mass is 127. The summed E-state index contributed by atoms with van der Waals surface area (Å²) in [6, 6.07) is 3.63. The molecule has 0 radical (unpaired) electrons. The smallest absolute Gasteiger partial charge is 0.319 e. The van der Waals surface area contributed by atoms with Crippen LogP contribution in [0.3, 0.4) is 0 Å². The van der Waals surface area contributed by atoms with Crippen molar-refractivity contribution in [3.63, 3.8) is 0 Å². The van der Waals surface area contributed by atoms with Crippen LogP contribution in [-0.4, -0.2) is 23.8 Å². The zero-order valence-electron chi connectivity index (χ0n) is 8.63. The lowest BCUT2D eigenvalue weighted by Crippen LogP contribution is -2.38. The Kier molecular flexibility index (Phi) is 4.94. The second-order valence-corrected chi connectivity index (χ2v) is 4.36. The van der Waals surface area contributed by atoms with Crippen LogP contribution < -0.4 is 10.6 Å². The van der Waals surface area contributed by atoms with Gasteiger partial charge in [-0.25, -0.2) is 9.18 Å². The van der Waals surface area contributed by atoms with Crippen LogP contribution >= 0.6 is 22.6 Å². The topological polar surface area (TPSA) is 61.4 Å². The van der Waals surface area contributed by atoms with Gasteiger partial charge in [-0.1, -0.05) is 6.07 Å². The molecule has 0 aromatic heterocycles. The van der Waals surface area contributed by atoms with Crippen LogP contribution in [0, 0.1) is 9.39 Å². The van der Waals surface area contributed by atoms with Crippen molar-refractivity contribution in [3.05, 3.63) is 27.6 Å². The molecule has 1 rings (SSSR count). The maximum absolute atomic E-state index is 13.1. The zero-order chi connectivity index (χ0) is 12.1. The maximum atomic E-state index is 13.1. The van der Waals surface area contributed by atoms with Crippen LogP contribution in [0.5, 0.6) is 0 Å². The minimum absolute atomic E-state index is 0.145. The Balaban J connectivity index is 2.66. The second kappa shape index (κ2) is 6.00. The van der Waals surface area contributed by atoms with Gasteiger partial charge < -0.3 is 15.7 Å². The van der Waals surface area contributed by atoms with Crippen LogP contribution in [-0.2, 0) is 0 Å². The summed E-state index contributed by atoms with van der Waals surface area (Å²) in [7, 11) is 0. The molecule has 0 aliphatic carbocycles. The van der Waals surface area contributed by atoms with Crippen molar-refractivity contribution in [1.82, 2.24) is 5.32 Å². The molecule has 16 heavy (non-hydrogen) atoms. The Hall–Kier alpha value is -0.890. The molecule has 4 nitrogen and oxygen atoms in total. The second-order valence-electron chi connectivity index (χ2n) is 3.28. The number of hydrogen-bond donors (Lipinski definition) is 3. The zero-order valence-corrected chi connectivity index (χ0v) is 10.8. The molecule has 1 aromatic carbocycles. The Morgan fingerprint density at radius 3 is 2.94 bits per heavy atom. The summed E-state index contributed by atoms with van der Waals surface area (Å²) in [5.41, 5.74) is 0.406. The first-order valence-corrected chi connectivity index (χ1v) is 5.75. The Morgan fingerprint density at radius 2 is 2.31 bits per heavy atom. The van der Waals surface area contributed by atoms with Crippen LogP contribution in [0.4, 0.5) is 14.9 Å². The van der Waals surface area contributed by atoms with Crippen molar-refractivity contribution in [2.45, 2.75) is 13.0 Å². The molecule has 0 saturated heterocycles. The molecule has 1 atom stereocenters. The molecule has 0 aliphatic heterocycles. The van der Waals surface area contributed by atoms with Gasteiger partial charge in [-0.2, -0.15) is 0 Å². The Labute approximate surface area is 106 Å². The molecule has 0 aliphatic rings. The van der Waals surface area contributed by atoms with E-state index in [4.69, 9.17) is 5.11 Å². The predicted octanol–water partition coefficient (Wildman–Crippen LogP) is 1.93. The number of amides is 2. The first-order chi connectivity index (χ1) is 7.54. The normalized spacial score (nSPS) is 12.0. The number of aliphatic hydroxyl groups is 1. The Bertz CT molecular complexity index is 387. The van der Waals surface area contributed by atoms with E-state index < -0.39 is 6.03 Å². The molecule has 0 fully saturated rings. The third kappa shape index (κ3) is 3.60. The number of carbonyl (C=O) groups excluding carboxylic acids is 1. The van der Waals surface area contributed by atoms with Crippen molar-refractivity contribution in [2.75, 3.05) is 11.9 Å². The van der Waals surface area contributed by atoms with Crippen molar-refractivity contribution >= 4 is 34.3 Å². The fourth-order valence-electron chi connectivity index (χ4n) is 1.03. The third-order valence-electron chi connectivity index (χ3n) is 1.85. The fourth-order valence-corrected chi connectivity index (χ4v) is 1.52. The van der Waals surface area contributed by atoms with Crippen LogP contribution in [0.1, 0.15) is 6.92 Å². The van der Waals surface area contributed by atoms with Crippen molar-refractivity contribution < 1.29 is 14.3 Å². The van der Waals surface area contributed by atoms with E-state index in [9.17, 15) is 9.18 Å². The van der Waals surface area contributed by atoms with E-state index in [-0.39, 0.29) is 18.5 Å². The van der Waals surface area contributed by atoms with Gasteiger partial charge in [-0.05, 0) is 41.6 Å². The molecule has 0 saturated carbocycles. The van der Waals surface area contributed by atoms with Gasteiger partial charge in [-0.3, -0.25) is 0 Å². The van der Waals surface area contributed by atoms with Crippen LogP contribution in [0.2, 0.25) is 0 Å². The van der Waals surface area contributed by atoms with E-state index in [0.717, 1.165) is 0 Å². The van der Waals surface area contributed by atoms with Crippen LogP contribution in [0.25, 0.3) is 0 Å². The third-order valence-corrected chi connectivity index (χ3v) is 2.95. The number of carbonyl (C=O) groups is 1. The first kappa shape index (κ1) is 13.2. The molecule has 3 N–H and O–H groups in total. The number of benzene rings is 1. The lowest BCUT2D eigenvalue weighted by atomic mass is 10.3. The summed E-state index contributed by atoms with van der Waals surface area (Å²) in [6.45, 7) is 1.52. The highest BCUT2D eigenvalue weighted by Gasteiger charge is 2.09. The van der Waals surface area contributed by atoms with Gasteiger partial charge in [0.05, 0.1) is 21.9 Å². The number of aliphatic hydroxyl groups excluding tert-OH is 1. The van der Waals surface area contributed by atoms with Gasteiger partial charge in [0, 0.05) is 0 Å². The number of rotatable bonds is 3. The SMILES string of the molecule is CC(CO)NC(=O)Nc1cccc(F)c1I. The van der Waals surface area contributed by atoms with Gasteiger partial charge >= 0.3 is 6.03 Å². The summed E-state index contributed by atoms with van der Waals surface area (Å²) in [5, 5.41) is 13.8. The molecule has 1 unspecified atom stereocenters. The number of urea groups is 1. The molecular formula is C10H12FIN2O2. The summed E-state index contributed by atoms with van der Waals surface area (Å²) >= 11 is 1.81. The molecule has 6 heteroatoms. The number of hydrogen-bond acceptors (Lipinski definition) is 2. The monoisotopic (exact) mass is 338 g/mol. The summed E-state index contributed by atoms with van der Waals surface area (Å²) < 4.78 is 13.5. The predicted molar refractivity (Wildman–Crippen MR) is 67.8 cm³/mol. The highest BCUT2D eigenvalue weighted by Crippen LogP contribution is 2.20. The van der Waals surface area contributed by atoms with Gasteiger partial charge in [0.15, 0.2) is 0 Å². The van der Waals surface area contributed by atoms with Crippen molar-refractivity contribution in [2.24, 2.45) is 0 Å².